The van der Waals surface area contributed by atoms with Gasteiger partial charge in [0.25, 0.3) is 0 Å². The van der Waals surface area contributed by atoms with E-state index >= 15 is 0 Å². The molecule has 1 saturated heterocycles. The Kier molecular flexibility index (Phi) is 7.09. The van der Waals surface area contributed by atoms with Gasteiger partial charge in [0.1, 0.15) is 17.6 Å². The van der Waals surface area contributed by atoms with Gasteiger partial charge in [0.15, 0.2) is 0 Å². The normalized spacial score (nSPS) is 16.3. The van der Waals surface area contributed by atoms with Crippen LogP contribution in [-0.2, 0) is 22.6 Å². The van der Waals surface area contributed by atoms with Gasteiger partial charge in [-0.2, -0.15) is 15.0 Å². The second-order valence-electron chi connectivity index (χ2n) is 8.49. The summed E-state index contributed by atoms with van der Waals surface area (Å²) in [7, 11) is 1.85. The summed E-state index contributed by atoms with van der Waals surface area (Å²) in [4.78, 5) is 34.8. The highest BCUT2D eigenvalue weighted by atomic mass is 16.2. The molecule has 0 bridgehead atoms. The Balaban J connectivity index is 1.22. The number of aromatic nitrogens is 4. The van der Waals surface area contributed by atoms with Crippen LogP contribution in [0.15, 0.2) is 48.7 Å². The molecule has 3 aromatic rings. The first-order valence-corrected chi connectivity index (χ1v) is 11.3. The molecular weight excluding hydrogens is 404 g/mol. The van der Waals surface area contributed by atoms with E-state index in [0.717, 1.165) is 49.0 Å². The first-order valence-electron chi connectivity index (χ1n) is 11.3. The Labute approximate surface area is 188 Å². The smallest absolute Gasteiger partial charge is 0.246 e. The zero-order chi connectivity index (χ0) is 22.3. The summed E-state index contributed by atoms with van der Waals surface area (Å²) >= 11 is 0. The molecule has 168 valence electrons. The maximum Gasteiger partial charge on any atom is 0.246 e. The first kappa shape index (κ1) is 21.9. The van der Waals surface area contributed by atoms with Crippen LogP contribution in [0.5, 0.6) is 0 Å². The van der Waals surface area contributed by atoms with Gasteiger partial charge in [-0.1, -0.05) is 18.2 Å². The Hall–Kier alpha value is -3.29. The molecule has 3 heterocycles. The van der Waals surface area contributed by atoms with E-state index in [4.69, 9.17) is 0 Å². The van der Waals surface area contributed by atoms with Crippen molar-refractivity contribution in [3.05, 3.63) is 54.4 Å². The van der Waals surface area contributed by atoms with Crippen molar-refractivity contribution in [2.45, 2.75) is 38.6 Å². The molecule has 4 rings (SSSR count). The molecule has 0 radical (unpaired) electrons. The standard InChI is InChI=1S/C24H30N6O2/c1-28(16-13-20-8-4-5-14-25-20)23(31)12-11-19-7-6-15-29(17-19)24(32)18-30-26-21-9-2-3-10-22(21)27-30/h2-5,8-10,14,19H,6-7,11-13,15-18H2,1H3/t19-/m1/s1. The molecule has 0 spiro atoms. The molecule has 0 saturated carbocycles. The van der Waals surface area contributed by atoms with Gasteiger partial charge < -0.3 is 9.80 Å². The summed E-state index contributed by atoms with van der Waals surface area (Å²) in [5.74, 6) is 0.538. The van der Waals surface area contributed by atoms with Gasteiger partial charge in [0, 0.05) is 51.4 Å². The van der Waals surface area contributed by atoms with Gasteiger partial charge in [-0.05, 0) is 49.4 Å². The fraction of sp³-hybridized carbons (Fsp3) is 0.458. The molecule has 1 fully saturated rings. The number of amides is 2. The summed E-state index contributed by atoms with van der Waals surface area (Å²) < 4.78 is 0. The lowest BCUT2D eigenvalue weighted by Gasteiger charge is -2.33. The molecule has 1 aromatic carbocycles. The van der Waals surface area contributed by atoms with Crippen LogP contribution in [0.4, 0.5) is 0 Å². The van der Waals surface area contributed by atoms with Crippen LogP contribution in [-0.4, -0.2) is 68.3 Å². The minimum absolute atomic E-state index is 0.0359. The second-order valence-corrected chi connectivity index (χ2v) is 8.49. The zero-order valence-corrected chi connectivity index (χ0v) is 18.6. The number of likely N-dealkylation sites (N-methyl/N-ethyl adjacent to an activating group) is 1. The Morgan fingerprint density at radius 3 is 2.56 bits per heavy atom. The van der Waals surface area contributed by atoms with Crippen molar-refractivity contribution in [2.75, 3.05) is 26.7 Å². The van der Waals surface area contributed by atoms with E-state index in [9.17, 15) is 9.59 Å². The first-order chi connectivity index (χ1) is 15.6. The molecule has 0 unspecified atom stereocenters. The van der Waals surface area contributed by atoms with E-state index in [2.05, 4.69) is 15.2 Å². The monoisotopic (exact) mass is 434 g/mol. The lowest BCUT2D eigenvalue weighted by molar-refractivity contribution is -0.134. The Morgan fingerprint density at radius 1 is 1.09 bits per heavy atom. The fourth-order valence-electron chi connectivity index (χ4n) is 4.19. The molecule has 0 aliphatic carbocycles. The molecule has 32 heavy (non-hydrogen) atoms. The average molecular weight is 435 g/mol. The predicted molar refractivity (Wildman–Crippen MR) is 122 cm³/mol. The van der Waals surface area contributed by atoms with Crippen molar-refractivity contribution < 1.29 is 9.59 Å². The van der Waals surface area contributed by atoms with Gasteiger partial charge in [-0.25, -0.2) is 0 Å². The van der Waals surface area contributed by atoms with Crippen molar-refractivity contribution in [3.8, 4) is 0 Å². The van der Waals surface area contributed by atoms with Gasteiger partial charge in [0.05, 0.1) is 0 Å². The van der Waals surface area contributed by atoms with E-state index in [1.54, 1.807) is 11.1 Å². The molecule has 1 aliphatic heterocycles. The topological polar surface area (TPSA) is 84.2 Å². The third kappa shape index (κ3) is 5.69. The molecule has 8 heteroatoms. The molecule has 0 N–H and O–H groups in total. The number of hydrogen-bond donors (Lipinski definition) is 0. The lowest BCUT2D eigenvalue weighted by Crippen LogP contribution is -2.42. The van der Waals surface area contributed by atoms with E-state index in [-0.39, 0.29) is 18.4 Å². The van der Waals surface area contributed by atoms with E-state index in [1.165, 1.54) is 4.80 Å². The van der Waals surface area contributed by atoms with Crippen LogP contribution in [0.25, 0.3) is 11.0 Å². The second kappa shape index (κ2) is 10.3. The predicted octanol–water partition coefficient (Wildman–Crippen LogP) is 2.55. The van der Waals surface area contributed by atoms with Gasteiger partial charge in [0.2, 0.25) is 11.8 Å². The molecule has 1 aliphatic rings. The molecule has 2 aromatic heterocycles. The van der Waals surface area contributed by atoms with Gasteiger partial charge in [-0.3, -0.25) is 14.6 Å². The van der Waals surface area contributed by atoms with Crippen LogP contribution >= 0.6 is 0 Å². The van der Waals surface area contributed by atoms with Crippen LogP contribution in [0, 0.1) is 5.92 Å². The van der Waals surface area contributed by atoms with E-state index < -0.39 is 0 Å². The third-order valence-corrected chi connectivity index (χ3v) is 6.10. The number of carbonyl (C=O) groups is 2. The number of piperidine rings is 1. The maximum atomic E-state index is 12.8. The quantitative estimate of drug-likeness (QED) is 0.544. The largest absolute Gasteiger partial charge is 0.345 e. The summed E-state index contributed by atoms with van der Waals surface area (Å²) in [5.41, 5.74) is 2.58. The van der Waals surface area contributed by atoms with Crippen LogP contribution < -0.4 is 0 Å². The molecule has 1 atom stereocenters. The summed E-state index contributed by atoms with van der Waals surface area (Å²) in [6.07, 6.45) is 5.87. The van der Waals surface area contributed by atoms with Crippen LogP contribution in [0.3, 0.4) is 0 Å². The maximum absolute atomic E-state index is 12.8. The molecular formula is C24H30N6O2. The highest BCUT2D eigenvalue weighted by Crippen LogP contribution is 2.22. The zero-order valence-electron chi connectivity index (χ0n) is 18.6. The van der Waals surface area contributed by atoms with E-state index in [1.807, 2.05) is 54.4 Å². The average Bonchev–Trinajstić information content (AvgIpc) is 3.24. The van der Waals surface area contributed by atoms with Crippen molar-refractivity contribution in [1.82, 2.24) is 29.8 Å². The number of pyridine rings is 1. The minimum Gasteiger partial charge on any atom is -0.345 e. The fourth-order valence-corrected chi connectivity index (χ4v) is 4.19. The number of hydrogen-bond acceptors (Lipinski definition) is 5. The summed E-state index contributed by atoms with van der Waals surface area (Å²) in [5, 5.41) is 8.78. The number of nitrogens with zero attached hydrogens (tertiary/aromatic N) is 6. The third-order valence-electron chi connectivity index (χ3n) is 6.10. The van der Waals surface area contributed by atoms with E-state index in [0.29, 0.717) is 25.4 Å². The number of rotatable bonds is 8. The Morgan fingerprint density at radius 2 is 1.84 bits per heavy atom. The van der Waals surface area contributed by atoms with Crippen molar-refractivity contribution in [2.24, 2.45) is 5.92 Å². The number of carbonyl (C=O) groups excluding carboxylic acids is 2. The van der Waals surface area contributed by atoms with Crippen LogP contribution in [0.2, 0.25) is 0 Å². The number of fused-ring (bicyclic) bond motifs is 1. The summed E-state index contributed by atoms with van der Waals surface area (Å²) in [6, 6.07) is 13.4. The Bertz CT molecular complexity index is 1020. The van der Waals surface area contributed by atoms with Gasteiger partial charge >= 0.3 is 0 Å². The van der Waals surface area contributed by atoms with Crippen molar-refractivity contribution in [1.29, 1.82) is 0 Å². The number of likely N-dealkylation sites (tertiary alicyclic amines) is 1. The van der Waals surface area contributed by atoms with Crippen LogP contribution in [0.1, 0.15) is 31.4 Å². The minimum atomic E-state index is 0.0359. The van der Waals surface area contributed by atoms with Crippen molar-refractivity contribution in [3.63, 3.8) is 0 Å². The SMILES string of the molecule is CN(CCc1ccccn1)C(=O)CC[C@H]1CCCN(C(=O)Cn2nc3ccccc3n2)C1. The highest BCUT2D eigenvalue weighted by molar-refractivity contribution is 5.77. The molecule has 8 nitrogen and oxygen atoms in total. The lowest BCUT2D eigenvalue weighted by atomic mass is 9.93. The number of benzene rings is 1. The summed E-state index contributed by atoms with van der Waals surface area (Å²) in [6.45, 7) is 2.27. The van der Waals surface area contributed by atoms with Gasteiger partial charge in [-0.15, -0.1) is 0 Å². The molecule has 2 amide bonds. The highest BCUT2D eigenvalue weighted by Gasteiger charge is 2.25. The van der Waals surface area contributed by atoms with Crippen molar-refractivity contribution >= 4 is 22.8 Å².